The Bertz CT molecular complexity index is 644. The summed E-state index contributed by atoms with van der Waals surface area (Å²) in [4.78, 5) is 26.5. The first-order valence-corrected chi connectivity index (χ1v) is 6.89. The van der Waals surface area contributed by atoms with Crippen molar-refractivity contribution in [3.05, 3.63) is 65.5 Å². The van der Waals surface area contributed by atoms with E-state index in [1.165, 1.54) is 18.3 Å². The molecule has 0 saturated carbocycles. The van der Waals surface area contributed by atoms with E-state index in [-0.39, 0.29) is 18.1 Å². The summed E-state index contributed by atoms with van der Waals surface area (Å²) in [5, 5.41) is 14.3. The lowest BCUT2D eigenvalue weighted by atomic mass is 10.1. The Morgan fingerprint density at radius 1 is 1.09 bits per heavy atom. The highest BCUT2D eigenvalue weighted by Crippen LogP contribution is 2.01. The molecule has 6 heteroatoms. The molecule has 1 aromatic carbocycles. The summed E-state index contributed by atoms with van der Waals surface area (Å²) in [5.41, 5.74) is 1.80. The predicted molar refractivity (Wildman–Crippen MR) is 81.6 cm³/mol. The van der Waals surface area contributed by atoms with Gasteiger partial charge in [-0.2, -0.15) is 0 Å². The van der Waals surface area contributed by atoms with Crippen molar-refractivity contribution in [2.75, 3.05) is 6.54 Å². The molecule has 0 radical (unpaired) electrons. The van der Waals surface area contributed by atoms with Gasteiger partial charge in [-0.05, 0) is 24.1 Å². The molecule has 2 rings (SSSR count). The summed E-state index contributed by atoms with van der Waals surface area (Å²) < 4.78 is 0. The number of nitrogens with zero attached hydrogens (tertiary/aromatic N) is 1. The monoisotopic (exact) mass is 299 g/mol. The van der Waals surface area contributed by atoms with E-state index in [0.717, 1.165) is 12.0 Å². The van der Waals surface area contributed by atoms with E-state index in [1.54, 1.807) is 0 Å². The summed E-state index contributed by atoms with van der Waals surface area (Å²) in [7, 11) is 0. The second-order valence-corrected chi connectivity index (χ2v) is 4.69. The van der Waals surface area contributed by atoms with E-state index in [9.17, 15) is 9.59 Å². The molecule has 1 aromatic heterocycles. The van der Waals surface area contributed by atoms with Crippen LogP contribution in [0.5, 0.6) is 0 Å². The van der Waals surface area contributed by atoms with E-state index >= 15 is 0 Å². The quantitative estimate of drug-likeness (QED) is 0.758. The van der Waals surface area contributed by atoms with Crippen LogP contribution in [0.25, 0.3) is 0 Å². The molecule has 0 atom stereocenters. The molecular weight excluding hydrogens is 282 g/mol. The maximum atomic E-state index is 11.7. The minimum Gasteiger partial charge on any atom is -0.478 e. The van der Waals surface area contributed by atoms with Crippen LogP contribution >= 0.6 is 0 Å². The zero-order valence-corrected chi connectivity index (χ0v) is 12.0. The number of carbonyl (C=O) groups excluding carboxylic acids is 1. The standard InChI is InChI=1S/C16H17N3O3/c20-15(21)13-7-9-17-14(10-13)11-19-16(22)18-8-6-12-4-2-1-3-5-12/h1-5,7,9-10H,6,8,11H2,(H,20,21)(H2,18,19,22). The number of amides is 2. The zero-order chi connectivity index (χ0) is 15.8. The fraction of sp³-hybridized carbons (Fsp3) is 0.188. The fourth-order valence-corrected chi connectivity index (χ4v) is 1.91. The highest BCUT2D eigenvalue weighted by atomic mass is 16.4. The van der Waals surface area contributed by atoms with Crippen LogP contribution < -0.4 is 10.6 Å². The fourth-order valence-electron chi connectivity index (χ4n) is 1.91. The van der Waals surface area contributed by atoms with Crippen LogP contribution in [0.4, 0.5) is 4.79 Å². The van der Waals surface area contributed by atoms with Gasteiger partial charge in [0.25, 0.3) is 0 Å². The number of nitrogens with one attached hydrogen (secondary N) is 2. The van der Waals surface area contributed by atoms with Gasteiger partial charge in [0, 0.05) is 12.7 Å². The van der Waals surface area contributed by atoms with Crippen molar-refractivity contribution in [2.45, 2.75) is 13.0 Å². The van der Waals surface area contributed by atoms with Gasteiger partial charge in [-0.15, -0.1) is 0 Å². The molecule has 0 aliphatic rings. The number of carboxylic acid groups (broad SMARTS) is 1. The van der Waals surface area contributed by atoms with Crippen molar-refractivity contribution in [1.29, 1.82) is 0 Å². The van der Waals surface area contributed by atoms with Gasteiger partial charge in [0.05, 0.1) is 17.8 Å². The number of hydrogen-bond acceptors (Lipinski definition) is 3. The van der Waals surface area contributed by atoms with Crippen LogP contribution in [0.15, 0.2) is 48.7 Å². The molecule has 0 saturated heterocycles. The van der Waals surface area contributed by atoms with Crippen LogP contribution in [0.1, 0.15) is 21.6 Å². The molecule has 114 valence electrons. The summed E-state index contributed by atoms with van der Waals surface area (Å²) >= 11 is 0. The average molecular weight is 299 g/mol. The van der Waals surface area contributed by atoms with E-state index < -0.39 is 5.97 Å². The molecule has 3 N–H and O–H groups in total. The van der Waals surface area contributed by atoms with Gasteiger partial charge in [0.1, 0.15) is 0 Å². The average Bonchev–Trinajstić information content (AvgIpc) is 2.54. The van der Waals surface area contributed by atoms with Crippen LogP contribution in [0.3, 0.4) is 0 Å². The number of carbonyl (C=O) groups is 2. The van der Waals surface area contributed by atoms with E-state index in [1.807, 2.05) is 30.3 Å². The van der Waals surface area contributed by atoms with Gasteiger partial charge in [-0.1, -0.05) is 30.3 Å². The van der Waals surface area contributed by atoms with Gasteiger partial charge in [-0.3, -0.25) is 4.98 Å². The number of urea groups is 1. The molecule has 0 aliphatic carbocycles. The lowest BCUT2D eigenvalue weighted by Gasteiger charge is -2.07. The molecule has 0 fully saturated rings. The minimum atomic E-state index is -1.02. The lowest BCUT2D eigenvalue weighted by molar-refractivity contribution is 0.0696. The van der Waals surface area contributed by atoms with Gasteiger partial charge >= 0.3 is 12.0 Å². The Morgan fingerprint density at radius 2 is 1.86 bits per heavy atom. The lowest BCUT2D eigenvalue weighted by Crippen LogP contribution is -2.36. The second-order valence-electron chi connectivity index (χ2n) is 4.69. The predicted octanol–water partition coefficient (Wildman–Crippen LogP) is 1.82. The molecule has 0 bridgehead atoms. The highest BCUT2D eigenvalue weighted by Gasteiger charge is 2.05. The molecule has 22 heavy (non-hydrogen) atoms. The third kappa shape index (κ3) is 4.90. The molecule has 6 nitrogen and oxygen atoms in total. The number of carboxylic acids is 1. The van der Waals surface area contributed by atoms with Crippen LogP contribution in [0, 0.1) is 0 Å². The largest absolute Gasteiger partial charge is 0.478 e. The Kier molecular flexibility index (Phi) is 5.48. The van der Waals surface area contributed by atoms with Gasteiger partial charge in [0.2, 0.25) is 0 Å². The Labute approximate surface area is 128 Å². The summed E-state index contributed by atoms with van der Waals surface area (Å²) in [5.74, 6) is -1.02. The van der Waals surface area contributed by atoms with Crippen molar-refractivity contribution in [3.8, 4) is 0 Å². The summed E-state index contributed by atoms with van der Waals surface area (Å²) in [6.07, 6.45) is 2.16. The zero-order valence-electron chi connectivity index (χ0n) is 12.0. The Hall–Kier alpha value is -2.89. The molecule has 0 aliphatic heterocycles. The van der Waals surface area contributed by atoms with Crippen molar-refractivity contribution in [1.82, 2.24) is 15.6 Å². The Balaban J connectivity index is 1.73. The third-order valence-electron chi connectivity index (χ3n) is 3.04. The topological polar surface area (TPSA) is 91.3 Å². The molecule has 2 aromatic rings. The SMILES string of the molecule is O=C(NCCc1ccccc1)NCc1cc(C(=O)O)ccn1. The number of aromatic carboxylic acids is 1. The first-order chi connectivity index (χ1) is 10.6. The van der Waals surface area contributed by atoms with E-state index in [4.69, 9.17) is 5.11 Å². The van der Waals surface area contributed by atoms with E-state index in [0.29, 0.717) is 12.2 Å². The van der Waals surface area contributed by atoms with E-state index in [2.05, 4.69) is 15.6 Å². The van der Waals surface area contributed by atoms with Crippen LogP contribution in [-0.4, -0.2) is 28.6 Å². The summed E-state index contributed by atoms with van der Waals surface area (Å²) in [6, 6.07) is 12.4. The molecule has 2 amide bonds. The van der Waals surface area contributed by atoms with Crippen LogP contribution in [-0.2, 0) is 13.0 Å². The smallest absolute Gasteiger partial charge is 0.335 e. The number of hydrogen-bond donors (Lipinski definition) is 3. The molecular formula is C16H17N3O3. The van der Waals surface area contributed by atoms with Gasteiger partial charge in [0.15, 0.2) is 0 Å². The normalized spacial score (nSPS) is 10.0. The number of rotatable bonds is 6. The number of pyridine rings is 1. The maximum Gasteiger partial charge on any atom is 0.335 e. The second kappa shape index (κ2) is 7.78. The van der Waals surface area contributed by atoms with Gasteiger partial charge < -0.3 is 15.7 Å². The van der Waals surface area contributed by atoms with Gasteiger partial charge in [-0.25, -0.2) is 9.59 Å². The first kappa shape index (κ1) is 15.5. The van der Waals surface area contributed by atoms with Crippen molar-refractivity contribution in [2.24, 2.45) is 0 Å². The van der Waals surface area contributed by atoms with Crippen molar-refractivity contribution >= 4 is 12.0 Å². The molecule has 0 unspecified atom stereocenters. The van der Waals surface area contributed by atoms with Crippen LogP contribution in [0.2, 0.25) is 0 Å². The molecule has 0 spiro atoms. The first-order valence-electron chi connectivity index (χ1n) is 6.89. The maximum absolute atomic E-state index is 11.7. The minimum absolute atomic E-state index is 0.149. The Morgan fingerprint density at radius 3 is 2.59 bits per heavy atom. The third-order valence-corrected chi connectivity index (χ3v) is 3.04. The number of benzene rings is 1. The van der Waals surface area contributed by atoms with Crippen molar-refractivity contribution < 1.29 is 14.7 Å². The molecule has 1 heterocycles. The number of aromatic nitrogens is 1. The highest BCUT2D eigenvalue weighted by molar-refractivity contribution is 5.87. The van der Waals surface area contributed by atoms with Crippen molar-refractivity contribution in [3.63, 3.8) is 0 Å². The summed E-state index contributed by atoms with van der Waals surface area (Å²) in [6.45, 7) is 0.705.